The highest BCUT2D eigenvalue weighted by molar-refractivity contribution is 7.99. The minimum atomic E-state index is 0.643. The van der Waals surface area contributed by atoms with Crippen molar-refractivity contribution >= 4 is 23.4 Å². The van der Waals surface area contributed by atoms with Crippen LogP contribution in [0.5, 0.6) is 0 Å². The van der Waals surface area contributed by atoms with Crippen LogP contribution >= 0.6 is 23.4 Å². The maximum Gasteiger partial charge on any atom is 0.0408 e. The number of hydrogen-bond donors (Lipinski definition) is 1. The van der Waals surface area contributed by atoms with Crippen molar-refractivity contribution in [1.29, 1.82) is 0 Å². The molecule has 21 heavy (non-hydrogen) atoms. The fourth-order valence-corrected chi connectivity index (χ4v) is 3.67. The molecule has 0 aromatic heterocycles. The molecule has 1 N–H and O–H groups in total. The molecule has 0 heterocycles. The predicted molar refractivity (Wildman–Crippen MR) is 94.4 cm³/mol. The van der Waals surface area contributed by atoms with E-state index in [9.17, 15) is 0 Å². The van der Waals surface area contributed by atoms with E-state index in [1.54, 1.807) is 0 Å². The van der Waals surface area contributed by atoms with Crippen LogP contribution in [0.4, 0.5) is 0 Å². The SMILES string of the molecule is CNCC(CCSc1ccccc1)Cc1cccc(Cl)c1. The van der Waals surface area contributed by atoms with Gasteiger partial charge in [-0.05, 0) is 67.9 Å². The number of benzene rings is 2. The summed E-state index contributed by atoms with van der Waals surface area (Å²) in [6.07, 6.45) is 2.28. The van der Waals surface area contributed by atoms with Crippen LogP contribution in [-0.4, -0.2) is 19.3 Å². The number of hydrogen-bond acceptors (Lipinski definition) is 2. The summed E-state index contributed by atoms with van der Waals surface area (Å²) in [5, 5.41) is 4.14. The zero-order chi connectivity index (χ0) is 14.9. The largest absolute Gasteiger partial charge is 0.319 e. The van der Waals surface area contributed by atoms with Gasteiger partial charge in [0.2, 0.25) is 0 Å². The highest BCUT2D eigenvalue weighted by atomic mass is 35.5. The minimum Gasteiger partial charge on any atom is -0.319 e. The van der Waals surface area contributed by atoms with Crippen LogP contribution in [-0.2, 0) is 6.42 Å². The van der Waals surface area contributed by atoms with Gasteiger partial charge in [0.05, 0.1) is 0 Å². The van der Waals surface area contributed by atoms with Gasteiger partial charge in [0, 0.05) is 9.92 Å². The van der Waals surface area contributed by atoms with E-state index in [0.717, 1.165) is 23.7 Å². The van der Waals surface area contributed by atoms with Crippen molar-refractivity contribution < 1.29 is 0 Å². The van der Waals surface area contributed by atoms with Crippen molar-refractivity contribution in [3.63, 3.8) is 0 Å². The second kappa shape index (κ2) is 9.14. The Morgan fingerprint density at radius 2 is 1.90 bits per heavy atom. The van der Waals surface area contributed by atoms with Crippen LogP contribution < -0.4 is 5.32 Å². The number of rotatable bonds is 8. The van der Waals surface area contributed by atoms with Gasteiger partial charge in [-0.25, -0.2) is 0 Å². The summed E-state index contributed by atoms with van der Waals surface area (Å²) in [7, 11) is 2.02. The highest BCUT2D eigenvalue weighted by Crippen LogP contribution is 2.22. The Labute approximate surface area is 137 Å². The molecule has 0 radical (unpaired) electrons. The van der Waals surface area contributed by atoms with E-state index >= 15 is 0 Å². The van der Waals surface area contributed by atoms with Crippen molar-refractivity contribution in [1.82, 2.24) is 5.32 Å². The molecule has 112 valence electrons. The van der Waals surface area contributed by atoms with Gasteiger partial charge in [0.1, 0.15) is 0 Å². The summed E-state index contributed by atoms with van der Waals surface area (Å²) in [6.45, 7) is 1.04. The van der Waals surface area contributed by atoms with E-state index in [2.05, 4.69) is 47.8 Å². The summed E-state index contributed by atoms with van der Waals surface area (Å²) in [6, 6.07) is 18.8. The molecule has 0 aliphatic carbocycles. The van der Waals surface area contributed by atoms with Gasteiger partial charge in [-0.15, -0.1) is 11.8 Å². The lowest BCUT2D eigenvalue weighted by molar-refractivity contribution is 0.484. The molecule has 0 aliphatic heterocycles. The Morgan fingerprint density at radius 1 is 1.10 bits per heavy atom. The smallest absolute Gasteiger partial charge is 0.0408 e. The zero-order valence-electron chi connectivity index (χ0n) is 12.4. The Morgan fingerprint density at radius 3 is 2.62 bits per heavy atom. The van der Waals surface area contributed by atoms with Crippen LogP contribution in [0, 0.1) is 5.92 Å². The average Bonchev–Trinajstić information content (AvgIpc) is 2.48. The molecule has 0 saturated heterocycles. The van der Waals surface area contributed by atoms with Gasteiger partial charge in [0.25, 0.3) is 0 Å². The summed E-state index contributed by atoms with van der Waals surface area (Å²) < 4.78 is 0. The third-order valence-electron chi connectivity index (χ3n) is 3.44. The van der Waals surface area contributed by atoms with Gasteiger partial charge in [-0.1, -0.05) is 41.9 Å². The second-order valence-corrected chi connectivity index (χ2v) is 6.81. The molecule has 0 fully saturated rings. The second-order valence-electron chi connectivity index (χ2n) is 5.21. The Bertz CT molecular complexity index is 530. The van der Waals surface area contributed by atoms with E-state index in [0.29, 0.717) is 5.92 Å². The molecule has 0 saturated carbocycles. The maximum absolute atomic E-state index is 6.07. The summed E-state index contributed by atoms with van der Waals surface area (Å²) in [5.74, 6) is 1.79. The molecule has 2 aromatic carbocycles. The Balaban J connectivity index is 1.84. The Hall–Kier alpha value is -0.960. The predicted octanol–water partition coefficient (Wildman–Crippen LogP) is 4.90. The van der Waals surface area contributed by atoms with E-state index in [1.165, 1.54) is 16.9 Å². The van der Waals surface area contributed by atoms with Gasteiger partial charge in [0.15, 0.2) is 0 Å². The van der Waals surface area contributed by atoms with Crippen molar-refractivity contribution in [3.8, 4) is 0 Å². The lowest BCUT2D eigenvalue weighted by atomic mass is 9.97. The van der Waals surface area contributed by atoms with E-state index in [1.807, 2.05) is 30.9 Å². The quantitative estimate of drug-likeness (QED) is 0.694. The first-order valence-corrected chi connectivity index (χ1v) is 8.71. The lowest BCUT2D eigenvalue weighted by Gasteiger charge is -2.16. The molecular formula is C18H22ClNS. The molecule has 3 heteroatoms. The van der Waals surface area contributed by atoms with Gasteiger partial charge >= 0.3 is 0 Å². The lowest BCUT2D eigenvalue weighted by Crippen LogP contribution is -2.21. The van der Waals surface area contributed by atoms with Crippen LogP contribution in [0.15, 0.2) is 59.5 Å². The zero-order valence-corrected chi connectivity index (χ0v) is 14.0. The van der Waals surface area contributed by atoms with E-state index in [4.69, 9.17) is 11.6 Å². The van der Waals surface area contributed by atoms with Crippen molar-refractivity contribution in [3.05, 3.63) is 65.2 Å². The third kappa shape index (κ3) is 6.13. The summed E-state index contributed by atoms with van der Waals surface area (Å²) >= 11 is 8.00. The van der Waals surface area contributed by atoms with Gasteiger partial charge in [-0.2, -0.15) is 0 Å². The summed E-state index contributed by atoms with van der Waals surface area (Å²) in [5.41, 5.74) is 1.33. The van der Waals surface area contributed by atoms with Crippen molar-refractivity contribution in [2.45, 2.75) is 17.7 Å². The first kappa shape index (κ1) is 16.4. The average molecular weight is 320 g/mol. The highest BCUT2D eigenvalue weighted by Gasteiger charge is 2.09. The fraction of sp³-hybridized carbons (Fsp3) is 0.333. The van der Waals surface area contributed by atoms with Crippen molar-refractivity contribution in [2.24, 2.45) is 5.92 Å². The molecular weight excluding hydrogens is 298 g/mol. The summed E-state index contributed by atoms with van der Waals surface area (Å²) in [4.78, 5) is 1.35. The van der Waals surface area contributed by atoms with Crippen LogP contribution in [0.3, 0.4) is 0 Å². The number of nitrogens with one attached hydrogen (secondary N) is 1. The number of halogens is 1. The molecule has 1 atom stereocenters. The first-order chi connectivity index (χ1) is 10.3. The van der Waals surface area contributed by atoms with Gasteiger partial charge < -0.3 is 5.32 Å². The van der Waals surface area contributed by atoms with Gasteiger partial charge in [-0.3, -0.25) is 0 Å². The third-order valence-corrected chi connectivity index (χ3v) is 4.72. The first-order valence-electron chi connectivity index (χ1n) is 7.35. The van der Waals surface area contributed by atoms with E-state index < -0.39 is 0 Å². The van der Waals surface area contributed by atoms with Crippen LogP contribution in [0.2, 0.25) is 5.02 Å². The molecule has 0 aliphatic rings. The van der Waals surface area contributed by atoms with Crippen LogP contribution in [0.1, 0.15) is 12.0 Å². The topological polar surface area (TPSA) is 12.0 Å². The molecule has 1 nitrogen and oxygen atoms in total. The monoisotopic (exact) mass is 319 g/mol. The normalized spacial score (nSPS) is 12.3. The van der Waals surface area contributed by atoms with Crippen molar-refractivity contribution in [2.75, 3.05) is 19.3 Å². The fourth-order valence-electron chi connectivity index (χ4n) is 2.42. The Kier molecular flexibility index (Phi) is 7.14. The molecule has 1 unspecified atom stereocenters. The molecule has 2 aromatic rings. The van der Waals surface area contributed by atoms with Crippen LogP contribution in [0.25, 0.3) is 0 Å². The maximum atomic E-state index is 6.07. The number of thioether (sulfide) groups is 1. The minimum absolute atomic E-state index is 0.643. The molecule has 0 bridgehead atoms. The molecule has 2 rings (SSSR count). The molecule has 0 spiro atoms. The molecule has 0 amide bonds. The van der Waals surface area contributed by atoms with E-state index in [-0.39, 0.29) is 0 Å². The standard InChI is InChI=1S/C18H22ClNS/c1-20-14-16(12-15-6-5-7-17(19)13-15)10-11-21-18-8-3-2-4-9-18/h2-9,13,16,20H,10-12,14H2,1H3.